The van der Waals surface area contributed by atoms with E-state index in [1.807, 2.05) is 0 Å². The summed E-state index contributed by atoms with van der Waals surface area (Å²) in [5.41, 5.74) is 0. The molecule has 0 aromatic carbocycles. The third-order valence-corrected chi connectivity index (χ3v) is 12.2. The lowest BCUT2D eigenvalue weighted by Crippen LogP contribution is -2.29. The number of hydrogen-bond acceptors (Lipinski definition) is 8. The summed E-state index contributed by atoms with van der Waals surface area (Å²) in [7, 11) is -4.52. The van der Waals surface area contributed by atoms with Crippen molar-refractivity contribution < 1.29 is 43.0 Å². The highest BCUT2D eigenvalue weighted by Gasteiger charge is 2.26. The Kier molecular flexibility index (Phi) is 48.1. The molecule has 0 bridgehead atoms. The molecule has 0 heterocycles. The van der Waals surface area contributed by atoms with Crippen molar-refractivity contribution in [2.24, 2.45) is 0 Å². The van der Waals surface area contributed by atoms with E-state index in [0.717, 1.165) is 44.9 Å². The molecular weight excluding hydrogens is 800 g/mol. The maximum Gasteiger partial charge on any atom is 0.472 e. The smallest absolute Gasteiger partial charge is 0.457 e. The standard InChI is InChI=1S/C52H99O9P/c1-3-5-7-9-11-13-15-17-19-21-23-24-25-27-29-31-33-35-37-39-41-43-45-58-48-51(49-60-62(56,57)59-47-50(54)46-53)61-52(55)44-42-40-38-36-34-32-30-28-26-22-20-18-16-14-12-10-8-6-4-2/h12,14,18,20-21,23,50-51,53-54H,3-11,13,15-17,19,22,24-49H2,1-2H3,(H,56,57)/b14-12-,20-18-,23-21-. The number of phosphoric acid groups is 1. The van der Waals surface area contributed by atoms with Crippen molar-refractivity contribution in [3.63, 3.8) is 0 Å². The zero-order valence-corrected chi connectivity index (χ0v) is 41.2. The lowest BCUT2D eigenvalue weighted by molar-refractivity contribution is -0.154. The normalized spacial score (nSPS) is 14.1. The SMILES string of the molecule is CCCCC/C=C\C/C=C\CCCCCCCCCCCC(=O)OC(COCCCCCCCCCCCC/C=C\CCCCCCCCCC)COP(=O)(O)OCC(O)CO. The fourth-order valence-corrected chi connectivity index (χ4v) is 8.11. The van der Waals surface area contributed by atoms with Crippen LogP contribution in [0.5, 0.6) is 0 Å². The van der Waals surface area contributed by atoms with Gasteiger partial charge in [-0.25, -0.2) is 4.57 Å². The van der Waals surface area contributed by atoms with Gasteiger partial charge in [0.05, 0.1) is 26.4 Å². The van der Waals surface area contributed by atoms with Gasteiger partial charge in [0.25, 0.3) is 0 Å². The van der Waals surface area contributed by atoms with E-state index in [-0.39, 0.29) is 25.6 Å². The first-order valence-corrected chi connectivity index (χ1v) is 27.5. The second-order valence-corrected chi connectivity index (χ2v) is 19.0. The molecule has 10 heteroatoms. The highest BCUT2D eigenvalue weighted by molar-refractivity contribution is 7.47. The van der Waals surface area contributed by atoms with Crippen LogP contribution in [-0.2, 0) is 27.9 Å². The molecule has 0 saturated carbocycles. The molecule has 62 heavy (non-hydrogen) atoms. The summed E-state index contributed by atoms with van der Waals surface area (Å²) in [6.07, 6.45) is 55.4. The molecule has 0 aromatic heterocycles. The van der Waals surface area contributed by atoms with Crippen LogP contribution in [0.1, 0.15) is 245 Å². The summed E-state index contributed by atoms with van der Waals surface area (Å²) < 4.78 is 33.5. The van der Waals surface area contributed by atoms with Gasteiger partial charge in [-0.15, -0.1) is 0 Å². The molecule has 3 N–H and O–H groups in total. The quantitative estimate of drug-likeness (QED) is 0.0236. The van der Waals surface area contributed by atoms with Crippen molar-refractivity contribution in [2.75, 3.05) is 33.0 Å². The van der Waals surface area contributed by atoms with Crippen LogP contribution in [0, 0.1) is 0 Å². The van der Waals surface area contributed by atoms with E-state index in [1.165, 1.54) is 180 Å². The number of rotatable bonds is 50. The molecule has 9 nitrogen and oxygen atoms in total. The van der Waals surface area contributed by atoms with Crippen LogP contribution in [0.25, 0.3) is 0 Å². The Morgan fingerprint density at radius 3 is 1.34 bits per heavy atom. The topological polar surface area (TPSA) is 132 Å². The van der Waals surface area contributed by atoms with Crippen LogP contribution in [0.3, 0.4) is 0 Å². The van der Waals surface area contributed by atoms with Gasteiger partial charge in [-0.1, -0.05) is 204 Å². The number of aliphatic hydroxyl groups excluding tert-OH is 2. The Bertz CT molecular complexity index is 1060. The molecule has 0 radical (unpaired) electrons. The molecule has 0 spiro atoms. The molecule has 0 saturated heterocycles. The number of unbranched alkanes of at least 4 members (excludes halogenated alkanes) is 30. The molecule has 0 aromatic rings. The van der Waals surface area contributed by atoms with Crippen LogP contribution < -0.4 is 0 Å². The molecule has 366 valence electrons. The molecule has 3 atom stereocenters. The average Bonchev–Trinajstić information content (AvgIpc) is 3.26. The van der Waals surface area contributed by atoms with Crippen LogP contribution in [0.15, 0.2) is 36.5 Å². The molecule has 0 amide bonds. The van der Waals surface area contributed by atoms with Crippen molar-refractivity contribution in [3.05, 3.63) is 36.5 Å². The van der Waals surface area contributed by atoms with Crippen LogP contribution >= 0.6 is 7.82 Å². The summed E-state index contributed by atoms with van der Waals surface area (Å²) in [5, 5.41) is 18.4. The number of esters is 1. The monoisotopic (exact) mass is 899 g/mol. The lowest BCUT2D eigenvalue weighted by Gasteiger charge is -2.20. The minimum atomic E-state index is -4.52. The van der Waals surface area contributed by atoms with Gasteiger partial charge in [-0.3, -0.25) is 13.8 Å². The minimum Gasteiger partial charge on any atom is -0.457 e. The van der Waals surface area contributed by atoms with Gasteiger partial charge in [0, 0.05) is 13.0 Å². The van der Waals surface area contributed by atoms with Crippen molar-refractivity contribution in [1.82, 2.24) is 0 Å². The summed E-state index contributed by atoms with van der Waals surface area (Å²) in [6, 6.07) is 0. The first-order chi connectivity index (χ1) is 30.3. The fourth-order valence-electron chi connectivity index (χ4n) is 7.32. The van der Waals surface area contributed by atoms with Crippen molar-refractivity contribution in [3.8, 4) is 0 Å². The van der Waals surface area contributed by atoms with Gasteiger partial charge >= 0.3 is 13.8 Å². The number of aliphatic hydroxyl groups is 2. The predicted molar refractivity (Wildman–Crippen MR) is 261 cm³/mol. The van der Waals surface area contributed by atoms with Crippen LogP contribution in [0.4, 0.5) is 0 Å². The Hall–Kier alpha value is -1.32. The van der Waals surface area contributed by atoms with E-state index < -0.39 is 33.2 Å². The van der Waals surface area contributed by atoms with Gasteiger partial charge in [0.1, 0.15) is 12.2 Å². The molecule has 0 fully saturated rings. The largest absolute Gasteiger partial charge is 0.472 e. The second kappa shape index (κ2) is 49.1. The van der Waals surface area contributed by atoms with Crippen molar-refractivity contribution >= 4 is 13.8 Å². The van der Waals surface area contributed by atoms with Gasteiger partial charge in [0.2, 0.25) is 0 Å². The molecular formula is C52H99O9P. The summed E-state index contributed by atoms with van der Waals surface area (Å²) >= 11 is 0. The molecule has 3 unspecified atom stereocenters. The fraction of sp³-hybridized carbons (Fsp3) is 0.865. The van der Waals surface area contributed by atoms with E-state index in [1.54, 1.807) is 0 Å². The summed E-state index contributed by atoms with van der Waals surface area (Å²) in [4.78, 5) is 22.7. The Balaban J connectivity index is 4.06. The van der Waals surface area contributed by atoms with Crippen molar-refractivity contribution in [2.45, 2.75) is 257 Å². The van der Waals surface area contributed by atoms with Gasteiger partial charge in [-0.05, 0) is 70.6 Å². The van der Waals surface area contributed by atoms with E-state index in [0.29, 0.717) is 6.61 Å². The average molecular weight is 899 g/mol. The number of ether oxygens (including phenoxy) is 2. The predicted octanol–water partition coefficient (Wildman–Crippen LogP) is 15.2. The second-order valence-electron chi connectivity index (χ2n) is 17.5. The highest BCUT2D eigenvalue weighted by atomic mass is 31.2. The summed E-state index contributed by atoms with van der Waals surface area (Å²) in [5.74, 6) is -0.384. The van der Waals surface area contributed by atoms with E-state index >= 15 is 0 Å². The van der Waals surface area contributed by atoms with Crippen LogP contribution in [0.2, 0.25) is 0 Å². The number of allylic oxidation sites excluding steroid dienone is 6. The Morgan fingerprint density at radius 1 is 0.500 bits per heavy atom. The molecule has 0 aliphatic rings. The number of carbonyl (C=O) groups is 1. The molecule has 0 aliphatic heterocycles. The Morgan fingerprint density at radius 2 is 0.871 bits per heavy atom. The maximum atomic E-state index is 12.7. The van der Waals surface area contributed by atoms with Gasteiger partial charge < -0.3 is 24.6 Å². The lowest BCUT2D eigenvalue weighted by atomic mass is 10.1. The summed E-state index contributed by atoms with van der Waals surface area (Å²) in [6.45, 7) is 3.53. The van der Waals surface area contributed by atoms with E-state index in [2.05, 4.69) is 50.3 Å². The minimum absolute atomic E-state index is 0.0485. The number of carbonyl (C=O) groups excluding carboxylic acids is 1. The Labute approximate surface area is 382 Å². The zero-order chi connectivity index (χ0) is 45.3. The number of phosphoric ester groups is 1. The first-order valence-electron chi connectivity index (χ1n) is 26.0. The highest BCUT2D eigenvalue weighted by Crippen LogP contribution is 2.43. The maximum absolute atomic E-state index is 12.7. The van der Waals surface area contributed by atoms with Gasteiger partial charge in [-0.2, -0.15) is 0 Å². The van der Waals surface area contributed by atoms with E-state index in [4.69, 9.17) is 23.6 Å². The van der Waals surface area contributed by atoms with Crippen LogP contribution in [-0.4, -0.2) is 66.3 Å². The number of hydrogen-bond donors (Lipinski definition) is 3. The third kappa shape index (κ3) is 48.1. The van der Waals surface area contributed by atoms with E-state index in [9.17, 15) is 19.4 Å². The molecule has 0 rings (SSSR count). The zero-order valence-electron chi connectivity index (χ0n) is 40.3. The van der Waals surface area contributed by atoms with Gasteiger partial charge in [0.15, 0.2) is 0 Å². The first kappa shape index (κ1) is 60.7. The third-order valence-electron chi connectivity index (χ3n) is 11.3. The molecule has 0 aliphatic carbocycles. The van der Waals surface area contributed by atoms with Crippen molar-refractivity contribution in [1.29, 1.82) is 0 Å².